The third kappa shape index (κ3) is 3.14. The van der Waals surface area contributed by atoms with Crippen LogP contribution in [-0.2, 0) is 6.54 Å². The van der Waals surface area contributed by atoms with Crippen LogP contribution in [0.25, 0.3) is 21.7 Å². The average molecular weight is 347 g/mol. The third-order valence-corrected chi connectivity index (χ3v) is 4.19. The van der Waals surface area contributed by atoms with E-state index >= 15 is 0 Å². The molecular formula is C20H17N3O3. The van der Waals surface area contributed by atoms with Gasteiger partial charge in [-0.2, -0.15) is 5.10 Å². The van der Waals surface area contributed by atoms with Gasteiger partial charge < -0.3 is 9.84 Å². The molecule has 0 radical (unpaired) electrons. The molecule has 0 bridgehead atoms. The second kappa shape index (κ2) is 6.93. The van der Waals surface area contributed by atoms with Gasteiger partial charge in [-0.1, -0.05) is 36.4 Å². The SMILES string of the molecule is O=c1c2cccnc2cnn1CC(O)COc1cccc2ccccc12. The predicted molar refractivity (Wildman–Crippen MR) is 99.2 cm³/mol. The number of hydrogen-bond donors (Lipinski definition) is 1. The molecule has 26 heavy (non-hydrogen) atoms. The molecule has 1 atom stereocenters. The second-order valence-corrected chi connectivity index (χ2v) is 6.01. The van der Waals surface area contributed by atoms with Crippen molar-refractivity contribution in [3.8, 4) is 5.75 Å². The lowest BCUT2D eigenvalue weighted by atomic mass is 10.1. The molecule has 0 aliphatic heterocycles. The molecule has 6 nitrogen and oxygen atoms in total. The van der Waals surface area contributed by atoms with Crippen molar-refractivity contribution in [3.05, 3.63) is 77.3 Å². The summed E-state index contributed by atoms with van der Waals surface area (Å²) in [6.45, 7) is 0.113. The highest BCUT2D eigenvalue weighted by Gasteiger charge is 2.12. The Balaban J connectivity index is 1.50. The molecule has 0 fully saturated rings. The number of nitrogens with zero attached hydrogens (tertiary/aromatic N) is 3. The molecule has 2 heterocycles. The summed E-state index contributed by atoms with van der Waals surface area (Å²) in [5.74, 6) is 0.699. The van der Waals surface area contributed by atoms with Crippen LogP contribution in [0.5, 0.6) is 5.75 Å². The number of aliphatic hydroxyl groups is 1. The fraction of sp³-hybridized carbons (Fsp3) is 0.150. The lowest BCUT2D eigenvalue weighted by Crippen LogP contribution is -2.31. The Bertz CT molecular complexity index is 1120. The van der Waals surface area contributed by atoms with E-state index in [9.17, 15) is 9.90 Å². The first kappa shape index (κ1) is 16.2. The molecule has 130 valence electrons. The van der Waals surface area contributed by atoms with Gasteiger partial charge in [0.05, 0.1) is 23.6 Å². The van der Waals surface area contributed by atoms with Crippen LogP contribution in [-0.4, -0.2) is 32.6 Å². The molecule has 2 aromatic carbocycles. The summed E-state index contributed by atoms with van der Waals surface area (Å²) in [6.07, 6.45) is 2.27. The van der Waals surface area contributed by atoms with Crippen LogP contribution in [0.2, 0.25) is 0 Å². The molecule has 4 aromatic rings. The molecule has 0 amide bonds. The summed E-state index contributed by atoms with van der Waals surface area (Å²) in [6, 6.07) is 17.1. The maximum absolute atomic E-state index is 12.4. The van der Waals surface area contributed by atoms with Crippen molar-refractivity contribution < 1.29 is 9.84 Å². The van der Waals surface area contributed by atoms with Gasteiger partial charge in [0.25, 0.3) is 5.56 Å². The van der Waals surface area contributed by atoms with Crippen LogP contribution in [0.15, 0.2) is 71.8 Å². The molecule has 0 aliphatic rings. The average Bonchev–Trinajstić information content (AvgIpc) is 2.69. The van der Waals surface area contributed by atoms with E-state index in [1.807, 2.05) is 42.5 Å². The van der Waals surface area contributed by atoms with E-state index in [1.54, 1.807) is 18.3 Å². The lowest BCUT2D eigenvalue weighted by molar-refractivity contribution is 0.0888. The van der Waals surface area contributed by atoms with Gasteiger partial charge in [-0.3, -0.25) is 9.78 Å². The number of aliphatic hydroxyl groups excluding tert-OH is 1. The molecule has 0 saturated heterocycles. The summed E-state index contributed by atoms with van der Waals surface area (Å²) >= 11 is 0. The summed E-state index contributed by atoms with van der Waals surface area (Å²) < 4.78 is 7.01. The molecule has 1 unspecified atom stereocenters. The van der Waals surface area contributed by atoms with Gasteiger partial charge in [0.15, 0.2) is 0 Å². The first-order valence-electron chi connectivity index (χ1n) is 8.32. The lowest BCUT2D eigenvalue weighted by Gasteiger charge is -2.14. The highest BCUT2D eigenvalue weighted by Crippen LogP contribution is 2.25. The predicted octanol–water partition coefficient (Wildman–Crippen LogP) is 2.38. The highest BCUT2D eigenvalue weighted by atomic mass is 16.5. The maximum Gasteiger partial charge on any atom is 0.276 e. The first-order chi connectivity index (χ1) is 12.7. The van der Waals surface area contributed by atoms with Crippen LogP contribution in [0.4, 0.5) is 0 Å². The number of ether oxygens (including phenoxy) is 1. The molecule has 0 saturated carbocycles. The summed E-state index contributed by atoms with van der Waals surface area (Å²) in [5.41, 5.74) is 0.259. The molecule has 6 heteroatoms. The number of aromatic nitrogens is 3. The number of benzene rings is 2. The molecule has 1 N–H and O–H groups in total. The van der Waals surface area contributed by atoms with Gasteiger partial charge in [-0.25, -0.2) is 4.68 Å². The van der Waals surface area contributed by atoms with Gasteiger partial charge in [0, 0.05) is 11.6 Å². The van der Waals surface area contributed by atoms with Crippen LogP contribution >= 0.6 is 0 Å². The highest BCUT2D eigenvalue weighted by molar-refractivity contribution is 5.88. The largest absolute Gasteiger partial charge is 0.490 e. The van der Waals surface area contributed by atoms with E-state index < -0.39 is 6.10 Å². The Morgan fingerprint density at radius 2 is 1.85 bits per heavy atom. The minimum atomic E-state index is -0.867. The number of fused-ring (bicyclic) bond motifs is 2. The van der Waals surface area contributed by atoms with Gasteiger partial charge in [-0.15, -0.1) is 0 Å². The minimum absolute atomic E-state index is 0.0500. The standard InChI is InChI=1S/C20H17N3O3/c24-15(12-23-20(25)17-8-4-10-21-18(17)11-22-23)13-26-19-9-3-6-14-5-1-2-7-16(14)19/h1-11,15,24H,12-13H2. The van der Waals surface area contributed by atoms with Crippen molar-refractivity contribution in [3.63, 3.8) is 0 Å². The quantitative estimate of drug-likeness (QED) is 0.600. The van der Waals surface area contributed by atoms with Gasteiger partial charge >= 0.3 is 0 Å². The Morgan fingerprint density at radius 3 is 2.77 bits per heavy atom. The van der Waals surface area contributed by atoms with Crippen molar-refractivity contribution in [2.24, 2.45) is 0 Å². The molecule has 2 aromatic heterocycles. The van der Waals surface area contributed by atoms with Gasteiger partial charge in [0.1, 0.15) is 18.5 Å². The fourth-order valence-electron chi connectivity index (χ4n) is 2.91. The smallest absolute Gasteiger partial charge is 0.276 e. The van der Waals surface area contributed by atoms with Crippen LogP contribution in [0.3, 0.4) is 0 Å². The number of pyridine rings is 1. The zero-order valence-corrected chi connectivity index (χ0v) is 13.9. The summed E-state index contributed by atoms with van der Waals surface area (Å²) in [4.78, 5) is 16.5. The van der Waals surface area contributed by atoms with Gasteiger partial charge in [-0.05, 0) is 23.6 Å². The Morgan fingerprint density at radius 1 is 1.04 bits per heavy atom. The molecular weight excluding hydrogens is 330 g/mol. The van der Waals surface area contributed by atoms with Crippen molar-refractivity contribution in [1.82, 2.24) is 14.8 Å². The number of hydrogen-bond acceptors (Lipinski definition) is 5. The topological polar surface area (TPSA) is 77.2 Å². The molecule has 0 aliphatic carbocycles. The Labute approximate surface area is 149 Å². The summed E-state index contributed by atoms with van der Waals surface area (Å²) in [7, 11) is 0. The fourth-order valence-corrected chi connectivity index (χ4v) is 2.91. The van der Waals surface area contributed by atoms with Gasteiger partial charge in [0.2, 0.25) is 0 Å². The normalized spacial score (nSPS) is 12.3. The monoisotopic (exact) mass is 347 g/mol. The zero-order chi connectivity index (χ0) is 17.9. The maximum atomic E-state index is 12.4. The first-order valence-corrected chi connectivity index (χ1v) is 8.32. The van der Waals surface area contributed by atoms with E-state index in [2.05, 4.69) is 10.1 Å². The Kier molecular flexibility index (Phi) is 4.33. The zero-order valence-electron chi connectivity index (χ0n) is 13.9. The van der Waals surface area contributed by atoms with Crippen LogP contribution in [0.1, 0.15) is 0 Å². The van der Waals surface area contributed by atoms with Crippen LogP contribution in [0, 0.1) is 0 Å². The van der Waals surface area contributed by atoms with E-state index in [0.717, 1.165) is 10.8 Å². The molecule has 4 rings (SSSR count). The van der Waals surface area contributed by atoms with Crippen molar-refractivity contribution in [2.45, 2.75) is 12.6 Å². The van der Waals surface area contributed by atoms with Crippen LogP contribution < -0.4 is 10.3 Å². The van der Waals surface area contributed by atoms with E-state index in [-0.39, 0.29) is 18.7 Å². The minimum Gasteiger partial charge on any atom is -0.490 e. The number of rotatable bonds is 5. The second-order valence-electron chi connectivity index (χ2n) is 6.01. The summed E-state index contributed by atoms with van der Waals surface area (Å²) in [5, 5.41) is 16.9. The third-order valence-electron chi connectivity index (χ3n) is 4.19. The van der Waals surface area contributed by atoms with E-state index in [0.29, 0.717) is 16.7 Å². The molecule has 0 spiro atoms. The van der Waals surface area contributed by atoms with Crippen molar-refractivity contribution >= 4 is 21.7 Å². The van der Waals surface area contributed by atoms with Crippen molar-refractivity contribution in [1.29, 1.82) is 0 Å². The Hall–Kier alpha value is -3.25. The van der Waals surface area contributed by atoms with E-state index in [1.165, 1.54) is 10.9 Å². The van der Waals surface area contributed by atoms with E-state index in [4.69, 9.17) is 4.74 Å². The van der Waals surface area contributed by atoms with Crippen molar-refractivity contribution in [2.75, 3.05) is 6.61 Å².